The van der Waals surface area contributed by atoms with Crippen LogP contribution in [0.4, 0.5) is 0 Å². The second kappa shape index (κ2) is 8.19. The molecule has 6 nitrogen and oxygen atoms in total. The van der Waals surface area contributed by atoms with Gasteiger partial charge in [-0.3, -0.25) is 4.79 Å². The quantitative estimate of drug-likeness (QED) is 0.747. The highest BCUT2D eigenvalue weighted by Gasteiger charge is 2.10. The van der Waals surface area contributed by atoms with Gasteiger partial charge in [0.2, 0.25) is 5.91 Å². The topological polar surface area (TPSA) is 64.7 Å². The van der Waals surface area contributed by atoms with Gasteiger partial charge >= 0.3 is 0 Å². The lowest BCUT2D eigenvalue weighted by atomic mass is 10.2. The standard InChI is InChI=1S/C16H25N5OS/c1-12(2)11-23-16-19-18-14(21(16)4)5-7-17-15(22)9-13-6-8-20(3)10-13/h6,8,10,12H,5,7,9,11H2,1-4H3,(H,17,22). The molecule has 0 fully saturated rings. The van der Waals surface area contributed by atoms with Gasteiger partial charge in [0.05, 0.1) is 6.42 Å². The van der Waals surface area contributed by atoms with Crippen molar-refractivity contribution in [2.45, 2.75) is 31.8 Å². The van der Waals surface area contributed by atoms with E-state index in [1.807, 2.05) is 41.7 Å². The van der Waals surface area contributed by atoms with E-state index in [4.69, 9.17) is 0 Å². The van der Waals surface area contributed by atoms with Crippen LogP contribution >= 0.6 is 11.8 Å². The molecule has 7 heteroatoms. The number of thioether (sulfide) groups is 1. The molecular weight excluding hydrogens is 310 g/mol. The van der Waals surface area contributed by atoms with Gasteiger partial charge in [0.1, 0.15) is 5.82 Å². The molecule has 2 heterocycles. The Kier molecular flexibility index (Phi) is 6.27. The SMILES string of the molecule is CC(C)CSc1nnc(CCNC(=O)Cc2ccn(C)c2)n1C. The molecular formula is C16H25N5OS. The molecule has 0 aliphatic carbocycles. The zero-order valence-electron chi connectivity index (χ0n) is 14.2. The molecule has 0 aliphatic heterocycles. The molecule has 0 aliphatic rings. The number of hydrogen-bond acceptors (Lipinski definition) is 4. The lowest BCUT2D eigenvalue weighted by molar-refractivity contribution is -0.120. The first-order valence-corrected chi connectivity index (χ1v) is 8.83. The second-order valence-electron chi connectivity index (χ2n) is 6.12. The molecule has 2 rings (SSSR count). The minimum atomic E-state index is 0.0350. The summed E-state index contributed by atoms with van der Waals surface area (Å²) in [4.78, 5) is 11.9. The fourth-order valence-electron chi connectivity index (χ4n) is 2.16. The van der Waals surface area contributed by atoms with E-state index >= 15 is 0 Å². The average Bonchev–Trinajstić information content (AvgIpc) is 3.04. The second-order valence-corrected chi connectivity index (χ2v) is 7.11. The molecule has 23 heavy (non-hydrogen) atoms. The van der Waals surface area contributed by atoms with Crippen LogP contribution in [0.25, 0.3) is 0 Å². The molecule has 0 unspecified atom stereocenters. The van der Waals surface area contributed by atoms with Crippen molar-refractivity contribution >= 4 is 17.7 Å². The number of nitrogens with one attached hydrogen (secondary N) is 1. The molecule has 0 saturated carbocycles. The highest BCUT2D eigenvalue weighted by atomic mass is 32.2. The van der Waals surface area contributed by atoms with Gasteiger partial charge in [-0.05, 0) is 17.5 Å². The first-order chi connectivity index (χ1) is 11.0. The van der Waals surface area contributed by atoms with E-state index in [-0.39, 0.29) is 5.91 Å². The summed E-state index contributed by atoms with van der Waals surface area (Å²) >= 11 is 1.72. The van der Waals surface area contributed by atoms with E-state index in [1.165, 1.54) is 0 Å². The maximum Gasteiger partial charge on any atom is 0.224 e. The fraction of sp³-hybridized carbons (Fsp3) is 0.562. The van der Waals surface area contributed by atoms with Gasteiger partial charge in [-0.2, -0.15) is 0 Å². The highest BCUT2D eigenvalue weighted by Crippen LogP contribution is 2.18. The first kappa shape index (κ1) is 17.6. The first-order valence-electron chi connectivity index (χ1n) is 7.84. The molecule has 0 atom stereocenters. The summed E-state index contributed by atoms with van der Waals surface area (Å²) in [6.07, 6.45) is 5.00. The molecule has 0 radical (unpaired) electrons. The zero-order valence-corrected chi connectivity index (χ0v) is 15.1. The Hall–Kier alpha value is -1.76. The monoisotopic (exact) mass is 335 g/mol. The molecule has 0 aromatic carbocycles. The van der Waals surface area contributed by atoms with Gasteiger partial charge in [-0.25, -0.2) is 0 Å². The molecule has 126 valence electrons. The largest absolute Gasteiger partial charge is 0.357 e. The normalized spacial score (nSPS) is 11.2. The van der Waals surface area contributed by atoms with E-state index in [0.29, 0.717) is 25.3 Å². The number of carbonyl (C=O) groups excluding carboxylic acids is 1. The Labute approximate surface area is 141 Å². The Morgan fingerprint density at radius 1 is 1.35 bits per heavy atom. The lowest BCUT2D eigenvalue weighted by Gasteiger charge is -2.06. The summed E-state index contributed by atoms with van der Waals surface area (Å²) in [5.74, 6) is 2.58. The molecule has 0 spiro atoms. The molecule has 0 saturated heterocycles. The van der Waals surface area contributed by atoms with Crippen LogP contribution in [0.1, 0.15) is 25.2 Å². The van der Waals surface area contributed by atoms with Crippen LogP contribution in [0, 0.1) is 5.92 Å². The highest BCUT2D eigenvalue weighted by molar-refractivity contribution is 7.99. The van der Waals surface area contributed by atoms with E-state index in [0.717, 1.165) is 22.3 Å². The summed E-state index contributed by atoms with van der Waals surface area (Å²) in [5.41, 5.74) is 1.02. The maximum atomic E-state index is 11.9. The van der Waals surface area contributed by atoms with E-state index in [2.05, 4.69) is 29.4 Å². The molecule has 1 N–H and O–H groups in total. The number of nitrogens with zero attached hydrogens (tertiary/aromatic N) is 4. The Morgan fingerprint density at radius 3 is 2.78 bits per heavy atom. The number of hydrogen-bond donors (Lipinski definition) is 1. The summed E-state index contributed by atoms with van der Waals surface area (Å²) in [5, 5.41) is 12.3. The summed E-state index contributed by atoms with van der Waals surface area (Å²) in [7, 11) is 3.92. The summed E-state index contributed by atoms with van der Waals surface area (Å²) in [6, 6.07) is 1.96. The van der Waals surface area contributed by atoms with E-state index < -0.39 is 0 Å². The average molecular weight is 335 g/mol. The number of carbonyl (C=O) groups is 1. The van der Waals surface area contributed by atoms with Gasteiger partial charge in [-0.15, -0.1) is 10.2 Å². The van der Waals surface area contributed by atoms with Crippen LogP contribution in [0.15, 0.2) is 23.6 Å². The van der Waals surface area contributed by atoms with Gasteiger partial charge < -0.3 is 14.5 Å². The van der Waals surface area contributed by atoms with Gasteiger partial charge in [0, 0.05) is 45.2 Å². The zero-order chi connectivity index (χ0) is 16.8. The van der Waals surface area contributed by atoms with Gasteiger partial charge in [0.25, 0.3) is 0 Å². The van der Waals surface area contributed by atoms with Crippen molar-refractivity contribution in [3.8, 4) is 0 Å². The van der Waals surface area contributed by atoms with Crippen molar-refractivity contribution in [3.63, 3.8) is 0 Å². The van der Waals surface area contributed by atoms with Crippen molar-refractivity contribution in [2.75, 3.05) is 12.3 Å². The van der Waals surface area contributed by atoms with Gasteiger partial charge in [-0.1, -0.05) is 25.6 Å². The Morgan fingerprint density at radius 2 is 2.13 bits per heavy atom. The number of rotatable bonds is 8. The van der Waals surface area contributed by atoms with Crippen LogP contribution in [0.3, 0.4) is 0 Å². The van der Waals surface area contributed by atoms with Crippen LogP contribution in [0.5, 0.6) is 0 Å². The lowest BCUT2D eigenvalue weighted by Crippen LogP contribution is -2.27. The number of aromatic nitrogens is 4. The van der Waals surface area contributed by atoms with Crippen molar-refractivity contribution in [1.82, 2.24) is 24.6 Å². The van der Waals surface area contributed by atoms with Crippen LogP contribution < -0.4 is 5.32 Å². The third kappa shape index (κ3) is 5.42. The molecule has 2 aromatic rings. The fourth-order valence-corrected chi connectivity index (χ4v) is 3.04. The third-order valence-electron chi connectivity index (χ3n) is 3.40. The minimum absolute atomic E-state index is 0.0350. The predicted octanol–water partition coefficient (Wildman–Crippen LogP) is 1.80. The molecule has 1 amide bonds. The Bertz CT molecular complexity index is 647. The summed E-state index contributed by atoms with van der Waals surface area (Å²) in [6.45, 7) is 4.95. The number of aryl methyl sites for hydroxylation is 1. The molecule has 0 bridgehead atoms. The van der Waals surface area contributed by atoms with Crippen molar-refractivity contribution < 1.29 is 4.79 Å². The number of amides is 1. The maximum absolute atomic E-state index is 11.9. The van der Waals surface area contributed by atoms with E-state index in [1.54, 1.807) is 11.8 Å². The third-order valence-corrected chi connectivity index (χ3v) is 4.85. The van der Waals surface area contributed by atoms with Crippen molar-refractivity contribution in [3.05, 3.63) is 29.8 Å². The van der Waals surface area contributed by atoms with Crippen LogP contribution in [-0.2, 0) is 31.7 Å². The predicted molar refractivity (Wildman–Crippen MR) is 92.4 cm³/mol. The van der Waals surface area contributed by atoms with Crippen LogP contribution in [0.2, 0.25) is 0 Å². The minimum Gasteiger partial charge on any atom is -0.357 e. The summed E-state index contributed by atoms with van der Waals surface area (Å²) < 4.78 is 3.95. The van der Waals surface area contributed by atoms with E-state index in [9.17, 15) is 4.79 Å². The smallest absolute Gasteiger partial charge is 0.224 e. The molecule has 2 aromatic heterocycles. The Balaban J connectivity index is 1.76. The van der Waals surface area contributed by atoms with Crippen LogP contribution in [-0.4, -0.2) is 37.5 Å². The van der Waals surface area contributed by atoms with Gasteiger partial charge in [0.15, 0.2) is 5.16 Å². The van der Waals surface area contributed by atoms with Crippen molar-refractivity contribution in [1.29, 1.82) is 0 Å². The van der Waals surface area contributed by atoms with Crippen molar-refractivity contribution in [2.24, 2.45) is 20.0 Å².